The molecular weight excluding hydrogens is 400 g/mol. The number of piperidine rings is 1. The molecule has 0 radical (unpaired) electrons. The number of hydrogen-bond donors (Lipinski definition) is 2. The second kappa shape index (κ2) is 10.2. The van der Waals surface area contributed by atoms with E-state index in [-0.39, 0.29) is 0 Å². The molecule has 6 nitrogen and oxygen atoms in total. The first-order chi connectivity index (χ1) is 15.2. The number of carbonyl (C=O) groups is 1. The molecule has 2 saturated carbocycles. The van der Waals surface area contributed by atoms with Gasteiger partial charge >= 0.3 is 0 Å². The Morgan fingerprint density at radius 3 is 2.53 bits per heavy atom. The van der Waals surface area contributed by atoms with Crippen LogP contribution in [0.15, 0.2) is 28.9 Å². The SMILES string of the molecule is C=N/C=C1/CN(C(C)NCC2CC23CCN(C(=O)CC2CC(C)(O)C2)CC3)CC1=C.CC. The van der Waals surface area contributed by atoms with Crippen LogP contribution < -0.4 is 5.32 Å². The van der Waals surface area contributed by atoms with E-state index < -0.39 is 5.60 Å². The molecule has 4 aliphatic rings. The van der Waals surface area contributed by atoms with Crippen LogP contribution in [0.3, 0.4) is 0 Å². The number of nitrogens with zero attached hydrogens (tertiary/aromatic N) is 3. The zero-order valence-electron chi connectivity index (χ0n) is 20.7. The van der Waals surface area contributed by atoms with Crippen LogP contribution in [0.25, 0.3) is 0 Å². The molecule has 0 aromatic rings. The normalized spacial score (nSPS) is 33.5. The molecule has 4 rings (SSSR count). The number of rotatable bonds is 7. The number of amides is 1. The molecule has 2 aliphatic heterocycles. The van der Waals surface area contributed by atoms with Crippen LogP contribution >= 0.6 is 0 Å². The standard InChI is InChI=1S/C24H38N4O2.C2H6/c1-17-15-28(16-20(17)13-25-4)18(2)26-14-21-12-24(21)5-7-27(8-6-24)22(29)9-19-10-23(3,30)11-19;1-2/h13,18-19,21,26,30H,1,4-12,14-16H2,2-3H3;1-2H3/b20-13-;. The van der Waals surface area contributed by atoms with Crippen molar-refractivity contribution < 1.29 is 9.90 Å². The van der Waals surface area contributed by atoms with Crippen molar-refractivity contribution in [1.29, 1.82) is 0 Å². The number of nitrogens with one attached hydrogen (secondary N) is 1. The largest absolute Gasteiger partial charge is 0.390 e. The lowest BCUT2D eigenvalue weighted by atomic mass is 9.70. The Morgan fingerprint density at radius 1 is 1.28 bits per heavy atom. The summed E-state index contributed by atoms with van der Waals surface area (Å²) in [6.45, 7) is 20.4. The van der Waals surface area contributed by atoms with E-state index in [1.165, 1.54) is 12.0 Å². The first-order valence-corrected chi connectivity index (χ1v) is 12.5. The third-order valence-electron chi connectivity index (χ3n) is 8.07. The summed E-state index contributed by atoms with van der Waals surface area (Å²) in [6, 6.07) is 0. The van der Waals surface area contributed by atoms with Gasteiger partial charge in [0.15, 0.2) is 0 Å². The Labute approximate surface area is 194 Å². The van der Waals surface area contributed by atoms with Gasteiger partial charge in [-0.2, -0.15) is 0 Å². The molecule has 180 valence electrons. The molecule has 2 heterocycles. The van der Waals surface area contributed by atoms with E-state index in [4.69, 9.17) is 0 Å². The second-order valence-corrected chi connectivity index (χ2v) is 10.5. The highest BCUT2D eigenvalue weighted by molar-refractivity contribution is 5.76. The first kappa shape index (κ1) is 25.1. The predicted molar refractivity (Wildman–Crippen MR) is 131 cm³/mol. The van der Waals surface area contributed by atoms with Gasteiger partial charge in [0.25, 0.3) is 0 Å². The molecule has 2 aliphatic carbocycles. The Hall–Kier alpha value is -1.50. The topological polar surface area (TPSA) is 68.2 Å². The average molecular weight is 445 g/mol. The summed E-state index contributed by atoms with van der Waals surface area (Å²) in [4.78, 5) is 21.0. The number of carbonyl (C=O) groups excluding carboxylic acids is 1. The summed E-state index contributed by atoms with van der Waals surface area (Å²) in [6.07, 6.45) is 7.87. The van der Waals surface area contributed by atoms with Crippen molar-refractivity contribution in [3.05, 3.63) is 23.9 Å². The molecule has 1 amide bonds. The highest BCUT2D eigenvalue weighted by Gasteiger charge is 2.54. The van der Waals surface area contributed by atoms with Crippen LogP contribution in [-0.2, 0) is 4.79 Å². The molecule has 4 fully saturated rings. The fourth-order valence-electron chi connectivity index (χ4n) is 5.93. The Kier molecular flexibility index (Phi) is 8.00. The van der Waals surface area contributed by atoms with Crippen LogP contribution in [-0.4, -0.2) is 72.0 Å². The summed E-state index contributed by atoms with van der Waals surface area (Å²) in [5.41, 5.74) is 2.24. The van der Waals surface area contributed by atoms with Gasteiger partial charge < -0.3 is 15.3 Å². The maximum absolute atomic E-state index is 12.6. The van der Waals surface area contributed by atoms with Crippen LogP contribution in [0, 0.1) is 17.3 Å². The van der Waals surface area contributed by atoms with Gasteiger partial charge in [-0.15, -0.1) is 0 Å². The fraction of sp³-hybridized carbons (Fsp3) is 0.769. The lowest BCUT2D eigenvalue weighted by molar-refractivity contribution is -0.137. The van der Waals surface area contributed by atoms with Crippen LogP contribution in [0.5, 0.6) is 0 Å². The van der Waals surface area contributed by atoms with Crippen LogP contribution in [0.4, 0.5) is 0 Å². The van der Waals surface area contributed by atoms with Gasteiger partial charge in [-0.05, 0) is 87.6 Å². The van der Waals surface area contributed by atoms with Gasteiger partial charge in [0, 0.05) is 38.8 Å². The first-order valence-electron chi connectivity index (χ1n) is 12.5. The summed E-state index contributed by atoms with van der Waals surface area (Å²) in [5.74, 6) is 1.40. The van der Waals surface area contributed by atoms with E-state index in [2.05, 4.69) is 40.3 Å². The van der Waals surface area contributed by atoms with E-state index in [1.807, 2.05) is 27.0 Å². The Morgan fingerprint density at radius 2 is 1.94 bits per heavy atom. The minimum absolute atomic E-state index is 0.293. The van der Waals surface area contributed by atoms with Crippen molar-refractivity contribution in [2.24, 2.45) is 22.2 Å². The molecular formula is C26H44N4O2. The molecule has 2 N–H and O–H groups in total. The van der Waals surface area contributed by atoms with Gasteiger partial charge in [0.1, 0.15) is 0 Å². The van der Waals surface area contributed by atoms with Crippen LogP contribution in [0.2, 0.25) is 0 Å². The number of hydrogen-bond acceptors (Lipinski definition) is 5. The van der Waals surface area contributed by atoms with E-state index in [0.717, 1.165) is 69.9 Å². The van der Waals surface area contributed by atoms with Crippen molar-refractivity contribution in [3.8, 4) is 0 Å². The summed E-state index contributed by atoms with van der Waals surface area (Å²) >= 11 is 0. The smallest absolute Gasteiger partial charge is 0.222 e. The summed E-state index contributed by atoms with van der Waals surface area (Å²) < 4.78 is 0. The minimum atomic E-state index is -0.537. The van der Waals surface area contributed by atoms with Crippen molar-refractivity contribution in [2.45, 2.75) is 78.0 Å². The van der Waals surface area contributed by atoms with E-state index >= 15 is 0 Å². The zero-order valence-corrected chi connectivity index (χ0v) is 20.7. The third-order valence-corrected chi connectivity index (χ3v) is 8.07. The summed E-state index contributed by atoms with van der Waals surface area (Å²) in [7, 11) is 0. The molecule has 0 aromatic carbocycles. The zero-order chi connectivity index (χ0) is 23.5. The predicted octanol–water partition coefficient (Wildman–Crippen LogP) is 3.58. The number of aliphatic imine (C=N–C) groups is 1. The Bertz CT molecular complexity index is 728. The van der Waals surface area contributed by atoms with Crippen LogP contribution in [0.1, 0.15) is 66.2 Å². The number of likely N-dealkylation sites (tertiary alicyclic amines) is 2. The quantitative estimate of drug-likeness (QED) is 0.589. The van der Waals surface area contributed by atoms with E-state index in [1.54, 1.807) is 0 Å². The van der Waals surface area contributed by atoms with Crippen molar-refractivity contribution in [1.82, 2.24) is 15.1 Å². The van der Waals surface area contributed by atoms with Crippen molar-refractivity contribution >= 4 is 12.6 Å². The van der Waals surface area contributed by atoms with Gasteiger partial charge in [0.2, 0.25) is 5.91 Å². The lowest BCUT2D eigenvalue weighted by Gasteiger charge is -2.42. The Balaban J connectivity index is 0.00000141. The van der Waals surface area contributed by atoms with Gasteiger partial charge in [0.05, 0.1) is 11.8 Å². The minimum Gasteiger partial charge on any atom is -0.390 e. The molecule has 32 heavy (non-hydrogen) atoms. The maximum Gasteiger partial charge on any atom is 0.222 e. The van der Waals surface area contributed by atoms with E-state index in [9.17, 15) is 9.90 Å². The molecule has 0 bridgehead atoms. The maximum atomic E-state index is 12.6. The highest BCUT2D eigenvalue weighted by Crippen LogP contribution is 2.59. The average Bonchev–Trinajstić information content (AvgIpc) is 3.28. The lowest BCUT2D eigenvalue weighted by Crippen LogP contribution is -2.46. The molecule has 2 saturated heterocycles. The van der Waals surface area contributed by atoms with Gasteiger partial charge in [-0.3, -0.25) is 14.7 Å². The second-order valence-electron chi connectivity index (χ2n) is 10.5. The van der Waals surface area contributed by atoms with Gasteiger partial charge in [-0.1, -0.05) is 20.4 Å². The summed E-state index contributed by atoms with van der Waals surface area (Å²) in [5, 5.41) is 13.6. The van der Waals surface area contributed by atoms with Crippen molar-refractivity contribution in [2.75, 3.05) is 32.7 Å². The monoisotopic (exact) mass is 444 g/mol. The molecule has 2 unspecified atom stereocenters. The highest BCUT2D eigenvalue weighted by atomic mass is 16.3. The van der Waals surface area contributed by atoms with Gasteiger partial charge in [-0.25, -0.2) is 0 Å². The van der Waals surface area contributed by atoms with Crippen molar-refractivity contribution in [3.63, 3.8) is 0 Å². The number of aliphatic hydroxyl groups is 1. The molecule has 1 spiro atoms. The fourth-order valence-corrected chi connectivity index (χ4v) is 5.93. The third kappa shape index (κ3) is 5.70. The molecule has 2 atom stereocenters. The molecule has 6 heteroatoms. The van der Waals surface area contributed by atoms with E-state index in [0.29, 0.717) is 29.8 Å². The molecule has 0 aromatic heterocycles.